The minimum atomic E-state index is 0.621. The van der Waals surface area contributed by atoms with Gasteiger partial charge in [-0.15, -0.1) is 0 Å². The summed E-state index contributed by atoms with van der Waals surface area (Å²) in [5, 5.41) is 0. The molecule has 1 nitrogen and oxygen atoms in total. The summed E-state index contributed by atoms with van der Waals surface area (Å²) in [7, 11) is 0. The van der Waals surface area contributed by atoms with Crippen molar-refractivity contribution in [1.82, 2.24) is 0 Å². The van der Waals surface area contributed by atoms with E-state index in [1.54, 1.807) is 0 Å². The molecule has 0 N–H and O–H groups in total. The van der Waals surface area contributed by atoms with Gasteiger partial charge in [-0.3, -0.25) is 0 Å². The van der Waals surface area contributed by atoms with Gasteiger partial charge in [0, 0.05) is 3.57 Å². The lowest BCUT2D eigenvalue weighted by Gasteiger charge is -2.07. The van der Waals surface area contributed by atoms with Crippen molar-refractivity contribution in [3.05, 3.63) is 99.6 Å². The molecule has 3 aromatic carbocycles. The van der Waals surface area contributed by atoms with Gasteiger partial charge in [-0.2, -0.15) is 0 Å². The van der Waals surface area contributed by atoms with Gasteiger partial charge in [0.05, 0.1) is 13.2 Å². The van der Waals surface area contributed by atoms with E-state index in [1.165, 1.54) is 25.8 Å². The van der Waals surface area contributed by atoms with Crippen LogP contribution < -0.4 is 0 Å². The summed E-state index contributed by atoms with van der Waals surface area (Å²) in [6.07, 6.45) is 1.85. The zero-order valence-electron chi connectivity index (χ0n) is 13.4. The monoisotopic (exact) mass is 426 g/mol. The third kappa shape index (κ3) is 4.56. The van der Waals surface area contributed by atoms with Crippen LogP contribution >= 0.6 is 22.6 Å². The average molecular weight is 426 g/mol. The smallest absolute Gasteiger partial charge is 0.0721 e. The highest BCUT2D eigenvalue weighted by Gasteiger charge is 2.00. The summed E-state index contributed by atoms with van der Waals surface area (Å²) in [4.78, 5) is 0. The van der Waals surface area contributed by atoms with Crippen LogP contribution in [0.15, 0.2) is 79.4 Å². The molecule has 0 spiro atoms. The maximum absolute atomic E-state index is 5.81. The molecule has 0 saturated carbocycles. The first-order chi connectivity index (χ1) is 11.7. The van der Waals surface area contributed by atoms with Crippen molar-refractivity contribution in [3.63, 3.8) is 0 Å². The molecule has 120 valence electrons. The van der Waals surface area contributed by atoms with Crippen LogP contribution in [0.3, 0.4) is 0 Å². The molecule has 0 aliphatic heterocycles. The molecule has 0 unspecified atom stereocenters. The van der Waals surface area contributed by atoms with Gasteiger partial charge in [0.15, 0.2) is 0 Å². The summed E-state index contributed by atoms with van der Waals surface area (Å²) in [6.45, 7) is 5.01. The van der Waals surface area contributed by atoms with Crippen molar-refractivity contribution in [1.29, 1.82) is 0 Å². The number of halogens is 1. The summed E-state index contributed by atoms with van der Waals surface area (Å²) < 4.78 is 7.07. The summed E-state index contributed by atoms with van der Waals surface area (Å²) >= 11 is 2.32. The van der Waals surface area contributed by atoms with Crippen molar-refractivity contribution in [3.8, 4) is 11.1 Å². The lowest BCUT2D eigenvalue weighted by Crippen LogP contribution is -1.94. The number of rotatable bonds is 6. The van der Waals surface area contributed by atoms with Crippen LogP contribution in [0, 0.1) is 3.57 Å². The normalized spacial score (nSPS) is 10.5. The highest BCUT2D eigenvalue weighted by Crippen LogP contribution is 2.21. The van der Waals surface area contributed by atoms with Gasteiger partial charge in [0.25, 0.3) is 0 Å². The highest BCUT2D eigenvalue weighted by molar-refractivity contribution is 14.1. The Hall–Kier alpha value is -1.91. The molecular formula is C22H19IO. The second-order valence-corrected chi connectivity index (χ2v) is 6.89. The summed E-state index contributed by atoms with van der Waals surface area (Å²) in [5.41, 5.74) is 5.97. The van der Waals surface area contributed by atoms with E-state index in [9.17, 15) is 0 Å². The molecule has 0 aliphatic rings. The predicted octanol–water partition coefficient (Wildman–Crippen LogP) is 6.32. The molecule has 0 aliphatic carbocycles. The third-order valence-electron chi connectivity index (χ3n) is 3.88. The second kappa shape index (κ2) is 8.27. The zero-order valence-corrected chi connectivity index (χ0v) is 15.6. The number of hydrogen-bond acceptors (Lipinski definition) is 1. The Morgan fingerprint density at radius 1 is 0.708 bits per heavy atom. The average Bonchev–Trinajstić information content (AvgIpc) is 2.64. The lowest BCUT2D eigenvalue weighted by atomic mass is 10.0. The summed E-state index contributed by atoms with van der Waals surface area (Å²) in [6, 6.07) is 25.4. The Balaban J connectivity index is 1.56. The Labute approximate surface area is 157 Å². The fourth-order valence-corrected chi connectivity index (χ4v) is 2.83. The molecule has 0 bridgehead atoms. The van der Waals surface area contributed by atoms with Crippen LogP contribution in [0.25, 0.3) is 17.2 Å². The molecule has 0 atom stereocenters. The lowest BCUT2D eigenvalue weighted by molar-refractivity contribution is 0.107. The minimum absolute atomic E-state index is 0.621. The van der Waals surface area contributed by atoms with Crippen LogP contribution in [-0.2, 0) is 18.0 Å². The Bertz CT molecular complexity index is 787. The number of ether oxygens (including phenoxy) is 1. The molecule has 0 saturated heterocycles. The highest BCUT2D eigenvalue weighted by atomic mass is 127. The van der Waals surface area contributed by atoms with Crippen LogP contribution in [0.4, 0.5) is 0 Å². The zero-order chi connectivity index (χ0) is 16.8. The maximum Gasteiger partial charge on any atom is 0.0721 e. The topological polar surface area (TPSA) is 9.23 Å². The Morgan fingerprint density at radius 2 is 1.17 bits per heavy atom. The largest absolute Gasteiger partial charge is 0.372 e. The first kappa shape index (κ1) is 16.9. The van der Waals surface area contributed by atoms with E-state index in [0.717, 1.165) is 5.56 Å². The van der Waals surface area contributed by atoms with Crippen molar-refractivity contribution >= 4 is 28.7 Å². The standard InChI is InChI=1S/C22H19IO/c1-2-17-3-5-18(6-4-17)15-24-16-19-7-9-20(10-8-19)21-11-13-22(23)14-12-21/h2-14H,1,15-16H2. The Morgan fingerprint density at radius 3 is 1.67 bits per heavy atom. The number of hydrogen-bond donors (Lipinski definition) is 0. The molecule has 3 rings (SSSR count). The van der Waals surface area contributed by atoms with Crippen molar-refractivity contribution < 1.29 is 4.74 Å². The molecule has 0 amide bonds. The van der Waals surface area contributed by atoms with E-state index in [4.69, 9.17) is 4.74 Å². The predicted molar refractivity (Wildman–Crippen MR) is 110 cm³/mol. The summed E-state index contributed by atoms with van der Waals surface area (Å²) in [5.74, 6) is 0. The van der Waals surface area contributed by atoms with Crippen LogP contribution in [0.5, 0.6) is 0 Å². The van der Waals surface area contributed by atoms with E-state index in [0.29, 0.717) is 13.2 Å². The molecule has 0 radical (unpaired) electrons. The SMILES string of the molecule is C=Cc1ccc(COCc2ccc(-c3ccc(I)cc3)cc2)cc1. The molecule has 3 aromatic rings. The van der Waals surface area contributed by atoms with Crippen molar-refractivity contribution in [2.45, 2.75) is 13.2 Å². The van der Waals surface area contributed by atoms with Crippen LogP contribution in [-0.4, -0.2) is 0 Å². The van der Waals surface area contributed by atoms with Crippen molar-refractivity contribution in [2.24, 2.45) is 0 Å². The molecule has 24 heavy (non-hydrogen) atoms. The van der Waals surface area contributed by atoms with Crippen LogP contribution in [0.1, 0.15) is 16.7 Å². The fourth-order valence-electron chi connectivity index (χ4n) is 2.47. The van der Waals surface area contributed by atoms with E-state index < -0.39 is 0 Å². The minimum Gasteiger partial charge on any atom is -0.372 e. The van der Waals surface area contributed by atoms with Gasteiger partial charge in [-0.1, -0.05) is 73.3 Å². The van der Waals surface area contributed by atoms with E-state index >= 15 is 0 Å². The first-order valence-corrected chi connectivity index (χ1v) is 8.96. The van der Waals surface area contributed by atoms with E-state index in [1.807, 2.05) is 6.08 Å². The van der Waals surface area contributed by atoms with E-state index in [-0.39, 0.29) is 0 Å². The Kier molecular flexibility index (Phi) is 5.83. The van der Waals surface area contributed by atoms with Gasteiger partial charge in [-0.05, 0) is 62.5 Å². The molecule has 0 heterocycles. The van der Waals surface area contributed by atoms with Crippen molar-refractivity contribution in [2.75, 3.05) is 0 Å². The molecule has 2 heteroatoms. The van der Waals surface area contributed by atoms with E-state index in [2.05, 4.69) is 102 Å². The van der Waals surface area contributed by atoms with Gasteiger partial charge in [0.2, 0.25) is 0 Å². The maximum atomic E-state index is 5.81. The van der Waals surface area contributed by atoms with Gasteiger partial charge in [-0.25, -0.2) is 0 Å². The number of benzene rings is 3. The first-order valence-electron chi connectivity index (χ1n) is 7.88. The molecule has 0 aromatic heterocycles. The van der Waals surface area contributed by atoms with Crippen LogP contribution in [0.2, 0.25) is 0 Å². The van der Waals surface area contributed by atoms with Gasteiger partial charge >= 0.3 is 0 Å². The van der Waals surface area contributed by atoms with Gasteiger partial charge < -0.3 is 4.74 Å². The fraction of sp³-hybridized carbons (Fsp3) is 0.0909. The molecule has 0 fully saturated rings. The second-order valence-electron chi connectivity index (χ2n) is 5.64. The third-order valence-corrected chi connectivity index (χ3v) is 4.60. The quantitative estimate of drug-likeness (QED) is 0.420. The van der Waals surface area contributed by atoms with Gasteiger partial charge in [0.1, 0.15) is 0 Å². The molecular weight excluding hydrogens is 407 g/mol.